The molecule has 0 aliphatic carbocycles. The Hall–Kier alpha value is -2.71. The molecule has 1 aromatic heterocycles. The number of ether oxygens (including phenoxy) is 2. The Morgan fingerprint density at radius 3 is 2.79 bits per heavy atom. The van der Waals surface area contributed by atoms with Crippen LogP contribution in [0.3, 0.4) is 0 Å². The number of benzene rings is 1. The molecule has 0 aliphatic heterocycles. The fourth-order valence-corrected chi connectivity index (χ4v) is 2.63. The summed E-state index contributed by atoms with van der Waals surface area (Å²) in [6.07, 6.45) is 4.18. The minimum absolute atomic E-state index is 0.167. The van der Waals surface area contributed by atoms with Crippen molar-refractivity contribution in [2.45, 2.75) is 13.0 Å². The van der Waals surface area contributed by atoms with Gasteiger partial charge in [0, 0.05) is 53.1 Å². The van der Waals surface area contributed by atoms with Gasteiger partial charge in [-0.3, -0.25) is 9.98 Å². The van der Waals surface area contributed by atoms with Gasteiger partial charge >= 0.3 is 0 Å². The van der Waals surface area contributed by atoms with Gasteiger partial charge in [-0.2, -0.15) is 0 Å². The van der Waals surface area contributed by atoms with Crippen LogP contribution >= 0.6 is 0 Å². The fraction of sp³-hybridized carbons (Fsp3) is 0.429. The molecular weight excluding hydrogens is 373 g/mol. The molecule has 0 amide bonds. The van der Waals surface area contributed by atoms with Crippen molar-refractivity contribution in [2.24, 2.45) is 4.99 Å². The quantitative estimate of drug-likeness (QED) is 0.342. The lowest BCUT2D eigenvalue weighted by molar-refractivity contribution is 0.180. The summed E-state index contributed by atoms with van der Waals surface area (Å²) in [4.78, 5) is 10.4. The lowest BCUT2D eigenvalue weighted by atomic mass is 10.2. The summed E-state index contributed by atoms with van der Waals surface area (Å²) in [7, 11) is 5.50. The van der Waals surface area contributed by atoms with Crippen molar-refractivity contribution in [3.05, 3.63) is 54.1 Å². The number of methoxy groups -OCH3 is 1. The molecule has 2 N–H and O–H groups in total. The monoisotopic (exact) mass is 403 g/mol. The van der Waals surface area contributed by atoms with Crippen molar-refractivity contribution >= 4 is 5.96 Å². The molecule has 29 heavy (non-hydrogen) atoms. The van der Waals surface area contributed by atoms with Gasteiger partial charge in [0.05, 0.1) is 6.20 Å². The zero-order valence-corrected chi connectivity index (χ0v) is 17.3. The van der Waals surface area contributed by atoms with E-state index in [9.17, 15) is 4.39 Å². The molecule has 7 nitrogen and oxygen atoms in total. The highest BCUT2D eigenvalue weighted by Gasteiger charge is 2.07. The first-order valence-corrected chi connectivity index (χ1v) is 9.60. The molecule has 2 rings (SSSR count). The molecule has 0 radical (unpaired) electrons. The van der Waals surface area contributed by atoms with Gasteiger partial charge in [0.1, 0.15) is 5.75 Å². The number of hydrogen-bond acceptors (Lipinski definition) is 5. The molecule has 1 heterocycles. The number of guanidine groups is 1. The Morgan fingerprint density at radius 2 is 2.10 bits per heavy atom. The third-order valence-electron chi connectivity index (χ3n) is 4.22. The predicted octanol–water partition coefficient (Wildman–Crippen LogP) is 2.65. The van der Waals surface area contributed by atoms with E-state index < -0.39 is 5.82 Å². The molecule has 0 saturated heterocycles. The normalized spacial score (nSPS) is 11.6. The lowest BCUT2D eigenvalue weighted by Crippen LogP contribution is -2.40. The summed E-state index contributed by atoms with van der Waals surface area (Å²) in [6, 6.07) is 8.35. The lowest BCUT2D eigenvalue weighted by Gasteiger charge is -2.18. The van der Waals surface area contributed by atoms with Crippen molar-refractivity contribution in [1.29, 1.82) is 0 Å². The first-order valence-electron chi connectivity index (χ1n) is 9.60. The summed E-state index contributed by atoms with van der Waals surface area (Å²) in [5, 5.41) is 6.45. The topological polar surface area (TPSA) is 71.0 Å². The largest absolute Gasteiger partial charge is 0.453 e. The number of aromatic nitrogens is 1. The van der Waals surface area contributed by atoms with E-state index in [1.54, 1.807) is 44.8 Å². The second-order valence-electron chi connectivity index (χ2n) is 6.56. The van der Waals surface area contributed by atoms with Gasteiger partial charge in [0.25, 0.3) is 0 Å². The smallest absolute Gasteiger partial charge is 0.191 e. The van der Waals surface area contributed by atoms with E-state index >= 15 is 0 Å². The molecule has 1 aromatic carbocycles. The SMILES string of the molecule is CN=C(NCCN(C)CCCOC)NCc1ccc(Oc2cccnc2)c(F)c1. The van der Waals surface area contributed by atoms with E-state index in [1.165, 1.54) is 6.07 Å². The molecular formula is C21H30FN5O2. The number of rotatable bonds is 11. The minimum Gasteiger partial charge on any atom is -0.453 e. The van der Waals surface area contributed by atoms with Crippen LogP contribution in [0.5, 0.6) is 11.5 Å². The summed E-state index contributed by atoms with van der Waals surface area (Å²) >= 11 is 0. The average Bonchev–Trinajstić information content (AvgIpc) is 2.73. The maximum atomic E-state index is 14.3. The summed E-state index contributed by atoms with van der Waals surface area (Å²) in [5.41, 5.74) is 0.792. The maximum Gasteiger partial charge on any atom is 0.191 e. The van der Waals surface area contributed by atoms with Gasteiger partial charge in [-0.25, -0.2) is 4.39 Å². The first kappa shape index (κ1) is 22.6. The van der Waals surface area contributed by atoms with Crippen LogP contribution in [-0.2, 0) is 11.3 Å². The van der Waals surface area contributed by atoms with Gasteiger partial charge in [-0.05, 0) is 43.3 Å². The maximum absolute atomic E-state index is 14.3. The standard InChI is InChI=1S/C21H30FN5O2/c1-23-21(25-10-12-27(2)11-5-13-28-3)26-15-17-7-8-20(19(22)14-17)29-18-6-4-9-24-16-18/h4,6-9,14,16H,5,10-13,15H2,1-3H3,(H2,23,25,26). The van der Waals surface area contributed by atoms with Crippen LogP contribution in [0, 0.1) is 5.82 Å². The van der Waals surface area contributed by atoms with Crippen molar-refractivity contribution in [3.63, 3.8) is 0 Å². The average molecular weight is 404 g/mol. The van der Waals surface area contributed by atoms with Crippen molar-refractivity contribution < 1.29 is 13.9 Å². The van der Waals surface area contributed by atoms with Crippen LogP contribution in [0.15, 0.2) is 47.7 Å². The molecule has 158 valence electrons. The number of hydrogen-bond donors (Lipinski definition) is 2. The number of pyridine rings is 1. The highest BCUT2D eigenvalue weighted by molar-refractivity contribution is 5.79. The van der Waals surface area contributed by atoms with Crippen molar-refractivity contribution in [2.75, 3.05) is 47.4 Å². The van der Waals surface area contributed by atoms with Gasteiger partial charge in [0.15, 0.2) is 17.5 Å². The van der Waals surface area contributed by atoms with Crippen LogP contribution < -0.4 is 15.4 Å². The van der Waals surface area contributed by atoms with E-state index in [1.807, 2.05) is 6.07 Å². The number of likely N-dealkylation sites (N-methyl/N-ethyl adjacent to an activating group) is 1. The molecule has 0 spiro atoms. The second kappa shape index (κ2) is 12.7. The molecule has 0 aliphatic rings. The third-order valence-corrected chi connectivity index (χ3v) is 4.22. The van der Waals surface area contributed by atoms with E-state index in [0.717, 1.165) is 38.2 Å². The Kier molecular flexibility index (Phi) is 9.88. The zero-order chi connectivity index (χ0) is 20.9. The van der Waals surface area contributed by atoms with Gasteiger partial charge in [-0.15, -0.1) is 0 Å². The van der Waals surface area contributed by atoms with Crippen molar-refractivity contribution in [1.82, 2.24) is 20.5 Å². The van der Waals surface area contributed by atoms with E-state index in [4.69, 9.17) is 9.47 Å². The van der Waals surface area contributed by atoms with Crippen LogP contribution in [-0.4, -0.2) is 63.3 Å². The highest BCUT2D eigenvalue weighted by Crippen LogP contribution is 2.24. The summed E-state index contributed by atoms with van der Waals surface area (Å²) < 4.78 is 24.9. The van der Waals surface area contributed by atoms with Gasteiger partial charge < -0.3 is 25.0 Å². The Labute approximate surface area is 172 Å². The van der Waals surface area contributed by atoms with E-state index in [-0.39, 0.29) is 5.75 Å². The van der Waals surface area contributed by atoms with Crippen LogP contribution in [0.1, 0.15) is 12.0 Å². The molecule has 8 heteroatoms. The first-order chi connectivity index (χ1) is 14.1. The minimum atomic E-state index is -0.422. The molecule has 0 fully saturated rings. The number of nitrogens with one attached hydrogen (secondary N) is 2. The van der Waals surface area contributed by atoms with Gasteiger partial charge in [0.2, 0.25) is 0 Å². The van der Waals surface area contributed by atoms with E-state index in [0.29, 0.717) is 18.3 Å². The Balaban J connectivity index is 1.76. The van der Waals surface area contributed by atoms with E-state index in [2.05, 4.69) is 32.6 Å². The second-order valence-corrected chi connectivity index (χ2v) is 6.56. The predicted molar refractivity (Wildman–Crippen MR) is 113 cm³/mol. The fourth-order valence-electron chi connectivity index (χ4n) is 2.63. The molecule has 2 aromatic rings. The van der Waals surface area contributed by atoms with Crippen molar-refractivity contribution in [3.8, 4) is 11.5 Å². The summed E-state index contributed by atoms with van der Waals surface area (Å²) in [6.45, 7) is 3.85. The zero-order valence-electron chi connectivity index (χ0n) is 17.3. The highest BCUT2D eigenvalue weighted by atomic mass is 19.1. The Morgan fingerprint density at radius 1 is 1.24 bits per heavy atom. The summed E-state index contributed by atoms with van der Waals surface area (Å²) in [5.74, 6) is 0.912. The Bertz CT molecular complexity index is 758. The third kappa shape index (κ3) is 8.45. The van der Waals surface area contributed by atoms with Gasteiger partial charge in [-0.1, -0.05) is 6.07 Å². The number of nitrogens with zero attached hydrogens (tertiary/aromatic N) is 3. The number of halogens is 1. The van der Waals surface area contributed by atoms with Crippen LogP contribution in [0.4, 0.5) is 4.39 Å². The molecule has 0 atom stereocenters. The van der Waals surface area contributed by atoms with Crippen LogP contribution in [0.2, 0.25) is 0 Å². The molecule has 0 bridgehead atoms. The molecule has 0 saturated carbocycles. The molecule has 0 unspecified atom stereocenters. The number of aliphatic imine (C=N–C) groups is 1. The van der Waals surface area contributed by atoms with Crippen LogP contribution in [0.25, 0.3) is 0 Å².